The first-order valence-corrected chi connectivity index (χ1v) is 11.4. The van der Waals surface area contributed by atoms with E-state index < -0.39 is 0 Å². The predicted molar refractivity (Wildman–Crippen MR) is 130 cm³/mol. The SMILES string of the molecule is NCC(Nc1nccc(-c2cnc3c(N[C@H]4CC[C@H](N)CC4)nccn23)n1)c1ccccc1. The second kappa shape index (κ2) is 9.51. The number of hydrogen-bond donors (Lipinski definition) is 4. The molecule has 0 aliphatic heterocycles. The number of benzene rings is 1. The van der Waals surface area contributed by atoms with Crippen LogP contribution < -0.4 is 22.1 Å². The minimum Gasteiger partial charge on any atom is -0.364 e. The number of aromatic nitrogens is 5. The second-order valence-corrected chi connectivity index (χ2v) is 8.48. The predicted octanol–water partition coefficient (Wildman–Crippen LogP) is 2.98. The van der Waals surface area contributed by atoms with Gasteiger partial charge >= 0.3 is 0 Å². The van der Waals surface area contributed by atoms with Gasteiger partial charge in [0.2, 0.25) is 5.95 Å². The highest BCUT2D eigenvalue weighted by Crippen LogP contribution is 2.26. The Morgan fingerprint density at radius 2 is 1.82 bits per heavy atom. The highest BCUT2D eigenvalue weighted by atomic mass is 15.1. The van der Waals surface area contributed by atoms with Crippen molar-refractivity contribution in [2.75, 3.05) is 17.2 Å². The van der Waals surface area contributed by atoms with Crippen molar-refractivity contribution in [3.63, 3.8) is 0 Å². The van der Waals surface area contributed by atoms with Gasteiger partial charge in [-0.1, -0.05) is 30.3 Å². The lowest BCUT2D eigenvalue weighted by Gasteiger charge is -2.27. The number of anilines is 2. The van der Waals surface area contributed by atoms with E-state index in [-0.39, 0.29) is 6.04 Å². The summed E-state index contributed by atoms with van der Waals surface area (Å²) in [6, 6.07) is 12.5. The van der Waals surface area contributed by atoms with Gasteiger partial charge in [0.05, 0.1) is 23.6 Å². The van der Waals surface area contributed by atoms with Crippen molar-refractivity contribution >= 4 is 17.4 Å². The molecule has 1 aromatic carbocycles. The Kier molecular flexibility index (Phi) is 6.14. The van der Waals surface area contributed by atoms with Gasteiger partial charge in [0, 0.05) is 37.2 Å². The molecule has 0 radical (unpaired) electrons. The van der Waals surface area contributed by atoms with Gasteiger partial charge < -0.3 is 22.1 Å². The zero-order chi connectivity index (χ0) is 22.6. The Bertz CT molecular complexity index is 1200. The largest absolute Gasteiger partial charge is 0.364 e. The van der Waals surface area contributed by atoms with Gasteiger partial charge in [-0.05, 0) is 37.3 Å². The molecule has 0 bridgehead atoms. The summed E-state index contributed by atoms with van der Waals surface area (Å²) in [7, 11) is 0. The van der Waals surface area contributed by atoms with Crippen LogP contribution in [0.25, 0.3) is 17.0 Å². The van der Waals surface area contributed by atoms with Crippen LogP contribution in [-0.2, 0) is 0 Å². The maximum atomic E-state index is 6.05. The van der Waals surface area contributed by atoms with Crippen LogP contribution in [0.2, 0.25) is 0 Å². The molecule has 1 aliphatic rings. The first-order valence-electron chi connectivity index (χ1n) is 11.4. The standard InChI is InChI=1S/C24H29N9/c25-14-20(16-4-2-1-3-5-16)32-24-28-11-10-19(31-24)21-15-29-23-22(27-12-13-33(21)23)30-18-8-6-17(26)7-9-18/h1-5,10-13,15,17-18,20H,6-9,14,25-26H2,(H,27,30)(H,28,31,32)/t17-,18-,20?. The summed E-state index contributed by atoms with van der Waals surface area (Å²) >= 11 is 0. The van der Waals surface area contributed by atoms with Crippen LogP contribution >= 0.6 is 0 Å². The average molecular weight is 444 g/mol. The highest BCUT2D eigenvalue weighted by Gasteiger charge is 2.20. The molecule has 3 heterocycles. The van der Waals surface area contributed by atoms with Crippen molar-refractivity contribution in [2.45, 2.75) is 43.8 Å². The van der Waals surface area contributed by atoms with E-state index in [4.69, 9.17) is 16.5 Å². The van der Waals surface area contributed by atoms with E-state index >= 15 is 0 Å². The number of nitrogens with one attached hydrogen (secondary N) is 2. The number of nitrogens with zero attached hydrogens (tertiary/aromatic N) is 5. The topological polar surface area (TPSA) is 132 Å². The molecule has 1 fully saturated rings. The molecule has 4 aromatic rings. The lowest BCUT2D eigenvalue weighted by atomic mass is 9.92. The van der Waals surface area contributed by atoms with Crippen LogP contribution in [0, 0.1) is 0 Å². The fraction of sp³-hybridized carbons (Fsp3) is 0.333. The molecular weight excluding hydrogens is 414 g/mol. The fourth-order valence-corrected chi connectivity index (χ4v) is 4.36. The first-order chi connectivity index (χ1) is 16.2. The molecule has 5 rings (SSSR count). The molecule has 1 saturated carbocycles. The Balaban J connectivity index is 1.39. The quantitative estimate of drug-likeness (QED) is 0.343. The first kappa shape index (κ1) is 21.3. The maximum absolute atomic E-state index is 6.05. The summed E-state index contributed by atoms with van der Waals surface area (Å²) in [6.45, 7) is 0.431. The normalized spacial score (nSPS) is 19.3. The number of fused-ring (bicyclic) bond motifs is 1. The molecular formula is C24H29N9. The van der Waals surface area contributed by atoms with E-state index in [1.165, 1.54) is 0 Å². The van der Waals surface area contributed by atoms with Crippen LogP contribution in [-0.4, -0.2) is 43.0 Å². The van der Waals surface area contributed by atoms with E-state index in [1.54, 1.807) is 12.4 Å². The average Bonchev–Trinajstić information content (AvgIpc) is 3.30. The van der Waals surface area contributed by atoms with Gasteiger partial charge in [-0.2, -0.15) is 0 Å². The van der Waals surface area contributed by atoms with Crippen molar-refractivity contribution in [3.05, 3.63) is 66.7 Å². The zero-order valence-corrected chi connectivity index (χ0v) is 18.4. The summed E-state index contributed by atoms with van der Waals surface area (Å²) in [4.78, 5) is 18.3. The van der Waals surface area contributed by atoms with Gasteiger partial charge in [-0.25, -0.2) is 19.9 Å². The van der Waals surface area contributed by atoms with Gasteiger partial charge in [-0.15, -0.1) is 0 Å². The summed E-state index contributed by atoms with van der Waals surface area (Å²) in [6.07, 6.45) is 11.4. The Hall–Kier alpha value is -3.56. The molecule has 0 spiro atoms. The smallest absolute Gasteiger partial charge is 0.223 e. The fourth-order valence-electron chi connectivity index (χ4n) is 4.36. The Morgan fingerprint density at radius 1 is 1.00 bits per heavy atom. The Labute approximate surface area is 192 Å². The summed E-state index contributed by atoms with van der Waals surface area (Å²) in [5.74, 6) is 1.30. The van der Waals surface area contributed by atoms with E-state index in [0.29, 0.717) is 24.6 Å². The van der Waals surface area contributed by atoms with Crippen LogP contribution in [0.1, 0.15) is 37.3 Å². The van der Waals surface area contributed by atoms with Crippen molar-refractivity contribution < 1.29 is 0 Å². The van der Waals surface area contributed by atoms with Crippen molar-refractivity contribution in [1.82, 2.24) is 24.3 Å². The van der Waals surface area contributed by atoms with Crippen molar-refractivity contribution in [3.8, 4) is 11.4 Å². The van der Waals surface area contributed by atoms with E-state index in [9.17, 15) is 0 Å². The van der Waals surface area contributed by atoms with Crippen LogP contribution in [0.3, 0.4) is 0 Å². The van der Waals surface area contributed by atoms with Gasteiger partial charge in [-0.3, -0.25) is 4.40 Å². The maximum Gasteiger partial charge on any atom is 0.223 e. The van der Waals surface area contributed by atoms with Crippen LogP contribution in [0.15, 0.2) is 61.2 Å². The van der Waals surface area contributed by atoms with E-state index in [2.05, 4.69) is 25.6 Å². The molecule has 1 atom stereocenters. The molecule has 33 heavy (non-hydrogen) atoms. The molecule has 0 saturated heterocycles. The lowest BCUT2D eigenvalue weighted by Crippen LogP contribution is -2.33. The van der Waals surface area contributed by atoms with Gasteiger partial charge in [0.1, 0.15) is 0 Å². The summed E-state index contributed by atoms with van der Waals surface area (Å²) in [5, 5.41) is 6.92. The molecule has 1 unspecified atom stereocenters. The molecule has 9 nitrogen and oxygen atoms in total. The molecule has 0 amide bonds. The Morgan fingerprint density at radius 3 is 2.61 bits per heavy atom. The number of imidazole rings is 1. The zero-order valence-electron chi connectivity index (χ0n) is 18.4. The minimum absolute atomic E-state index is 0.0766. The van der Waals surface area contributed by atoms with Crippen molar-refractivity contribution in [1.29, 1.82) is 0 Å². The third kappa shape index (κ3) is 4.64. The number of hydrogen-bond acceptors (Lipinski definition) is 8. The lowest BCUT2D eigenvalue weighted by molar-refractivity contribution is 0.410. The third-order valence-corrected chi connectivity index (χ3v) is 6.20. The highest BCUT2D eigenvalue weighted by molar-refractivity contribution is 5.69. The molecule has 6 N–H and O–H groups in total. The molecule has 1 aliphatic carbocycles. The summed E-state index contributed by atoms with van der Waals surface area (Å²) < 4.78 is 2.01. The third-order valence-electron chi connectivity index (χ3n) is 6.20. The van der Waals surface area contributed by atoms with Crippen LogP contribution in [0.4, 0.5) is 11.8 Å². The van der Waals surface area contributed by atoms with Gasteiger partial charge in [0.25, 0.3) is 0 Å². The van der Waals surface area contributed by atoms with Crippen LogP contribution in [0.5, 0.6) is 0 Å². The summed E-state index contributed by atoms with van der Waals surface area (Å²) in [5.41, 5.74) is 15.6. The van der Waals surface area contributed by atoms with Crippen molar-refractivity contribution in [2.24, 2.45) is 11.5 Å². The minimum atomic E-state index is -0.0766. The monoisotopic (exact) mass is 443 g/mol. The second-order valence-electron chi connectivity index (χ2n) is 8.48. The number of rotatable bonds is 7. The van der Waals surface area contributed by atoms with E-state index in [1.807, 2.05) is 53.2 Å². The molecule has 3 aromatic heterocycles. The van der Waals surface area contributed by atoms with Gasteiger partial charge in [0.15, 0.2) is 11.5 Å². The molecule has 9 heteroatoms. The molecule has 170 valence electrons. The van der Waals surface area contributed by atoms with E-state index in [0.717, 1.165) is 54.1 Å². The number of nitrogens with two attached hydrogens (primary N) is 2.